The van der Waals surface area contributed by atoms with Gasteiger partial charge in [0.1, 0.15) is 0 Å². The summed E-state index contributed by atoms with van der Waals surface area (Å²) in [5.41, 5.74) is 0. The molecule has 0 aliphatic heterocycles. The third-order valence-electron chi connectivity index (χ3n) is 2.53. The second kappa shape index (κ2) is 8.22. The van der Waals surface area contributed by atoms with Gasteiger partial charge >= 0.3 is 12.0 Å². The van der Waals surface area contributed by atoms with Crippen molar-refractivity contribution in [2.75, 3.05) is 38.7 Å². The van der Waals surface area contributed by atoms with Gasteiger partial charge in [-0.15, -0.1) is 0 Å². The van der Waals surface area contributed by atoms with E-state index in [1.807, 2.05) is 13.2 Å². The van der Waals surface area contributed by atoms with Crippen LogP contribution in [0.3, 0.4) is 0 Å². The van der Waals surface area contributed by atoms with E-state index in [9.17, 15) is 9.59 Å². The lowest BCUT2D eigenvalue weighted by molar-refractivity contribution is -0.141. The van der Waals surface area contributed by atoms with Crippen LogP contribution in [0.2, 0.25) is 0 Å². The zero-order valence-electron chi connectivity index (χ0n) is 11.0. The largest absolute Gasteiger partial charge is 0.481 e. The lowest BCUT2D eigenvalue weighted by Crippen LogP contribution is -2.44. The topological polar surface area (TPSA) is 60.9 Å². The molecule has 0 aromatic carbocycles. The van der Waals surface area contributed by atoms with Crippen molar-refractivity contribution >= 4 is 23.8 Å². The normalized spacial score (nSPS) is 12.0. The Balaban J connectivity index is 4.34. The first-order valence-electron chi connectivity index (χ1n) is 5.65. The fraction of sp³-hybridized carbons (Fsp3) is 0.818. The van der Waals surface area contributed by atoms with Crippen LogP contribution in [0.15, 0.2) is 0 Å². The number of urea groups is 1. The zero-order chi connectivity index (χ0) is 13.4. The quantitative estimate of drug-likeness (QED) is 0.754. The molecule has 1 N–H and O–H groups in total. The molecule has 0 saturated heterocycles. The molecule has 0 aromatic rings. The molecule has 0 saturated carbocycles. The van der Waals surface area contributed by atoms with Crippen LogP contribution in [0.4, 0.5) is 4.79 Å². The maximum atomic E-state index is 12.0. The summed E-state index contributed by atoms with van der Waals surface area (Å²) >= 11 is 1.68. The van der Waals surface area contributed by atoms with E-state index in [0.717, 1.165) is 5.75 Å². The van der Waals surface area contributed by atoms with Gasteiger partial charge in [0.25, 0.3) is 0 Å². The number of nitrogens with zero attached hydrogens (tertiary/aromatic N) is 2. The highest BCUT2D eigenvalue weighted by Gasteiger charge is 2.21. The van der Waals surface area contributed by atoms with Gasteiger partial charge in [-0.1, -0.05) is 6.92 Å². The van der Waals surface area contributed by atoms with E-state index in [-0.39, 0.29) is 12.6 Å². The number of rotatable bonds is 7. The van der Waals surface area contributed by atoms with Crippen molar-refractivity contribution in [2.24, 2.45) is 5.92 Å². The van der Waals surface area contributed by atoms with Crippen LogP contribution in [0.1, 0.15) is 13.8 Å². The molecule has 2 amide bonds. The van der Waals surface area contributed by atoms with Gasteiger partial charge in [0.05, 0.1) is 5.92 Å². The predicted octanol–water partition coefficient (Wildman–Crippen LogP) is 1.44. The summed E-state index contributed by atoms with van der Waals surface area (Å²) in [6.45, 7) is 4.93. The minimum atomic E-state index is -0.872. The molecule has 0 aliphatic rings. The van der Waals surface area contributed by atoms with Crippen molar-refractivity contribution in [3.05, 3.63) is 0 Å². The molecule has 0 aromatic heterocycles. The maximum absolute atomic E-state index is 12.0. The Kier molecular flexibility index (Phi) is 7.78. The summed E-state index contributed by atoms with van der Waals surface area (Å²) in [5.74, 6) is -0.523. The number of thioether (sulfide) groups is 1. The van der Waals surface area contributed by atoms with Gasteiger partial charge in [-0.05, 0) is 13.2 Å². The SMILES string of the molecule is CCN(CC(C)C(=O)O)C(=O)N(C)CCSC. The van der Waals surface area contributed by atoms with E-state index >= 15 is 0 Å². The van der Waals surface area contributed by atoms with E-state index in [1.54, 1.807) is 35.5 Å². The molecule has 1 unspecified atom stereocenters. The Morgan fingerprint density at radius 2 is 2.00 bits per heavy atom. The number of hydrogen-bond acceptors (Lipinski definition) is 3. The Labute approximate surface area is 107 Å². The van der Waals surface area contributed by atoms with Crippen molar-refractivity contribution in [1.82, 2.24) is 9.80 Å². The molecule has 0 heterocycles. The molecule has 0 bridgehead atoms. The lowest BCUT2D eigenvalue weighted by atomic mass is 10.2. The van der Waals surface area contributed by atoms with E-state index in [1.165, 1.54) is 0 Å². The second-order valence-electron chi connectivity index (χ2n) is 3.97. The summed E-state index contributed by atoms with van der Waals surface area (Å²) in [4.78, 5) is 26.0. The van der Waals surface area contributed by atoms with E-state index in [4.69, 9.17) is 5.11 Å². The van der Waals surface area contributed by atoms with Crippen molar-refractivity contribution in [2.45, 2.75) is 13.8 Å². The van der Waals surface area contributed by atoms with Gasteiger partial charge in [0, 0.05) is 32.4 Å². The highest BCUT2D eigenvalue weighted by Crippen LogP contribution is 2.04. The second-order valence-corrected chi connectivity index (χ2v) is 4.96. The minimum absolute atomic E-state index is 0.102. The Bertz CT molecular complexity index is 261. The third-order valence-corrected chi connectivity index (χ3v) is 3.12. The number of aliphatic carboxylic acids is 1. The molecule has 0 radical (unpaired) electrons. The first kappa shape index (κ1) is 16.1. The first-order chi connectivity index (χ1) is 7.93. The number of carboxylic acids is 1. The first-order valence-corrected chi connectivity index (χ1v) is 7.05. The van der Waals surface area contributed by atoms with Gasteiger partial charge in [0.2, 0.25) is 0 Å². The van der Waals surface area contributed by atoms with Crippen LogP contribution in [0, 0.1) is 5.92 Å². The number of hydrogen-bond donors (Lipinski definition) is 1. The fourth-order valence-electron chi connectivity index (χ4n) is 1.32. The third kappa shape index (κ3) is 5.81. The van der Waals surface area contributed by atoms with Crippen LogP contribution < -0.4 is 0 Å². The maximum Gasteiger partial charge on any atom is 0.319 e. The monoisotopic (exact) mass is 262 g/mol. The van der Waals surface area contributed by atoms with E-state index < -0.39 is 11.9 Å². The van der Waals surface area contributed by atoms with E-state index in [0.29, 0.717) is 13.1 Å². The van der Waals surface area contributed by atoms with Crippen LogP contribution >= 0.6 is 11.8 Å². The average molecular weight is 262 g/mol. The summed E-state index contributed by atoms with van der Waals surface area (Å²) in [5, 5.41) is 8.83. The summed E-state index contributed by atoms with van der Waals surface area (Å²) in [6, 6.07) is -0.102. The van der Waals surface area contributed by atoms with Gasteiger partial charge < -0.3 is 14.9 Å². The number of carboxylic acid groups (broad SMARTS) is 1. The Morgan fingerprint density at radius 3 is 2.41 bits per heavy atom. The molecule has 5 nitrogen and oxygen atoms in total. The summed E-state index contributed by atoms with van der Waals surface area (Å²) in [6.07, 6.45) is 1.99. The van der Waals surface area contributed by atoms with Crippen molar-refractivity contribution < 1.29 is 14.7 Å². The van der Waals surface area contributed by atoms with Crippen LogP contribution in [0.5, 0.6) is 0 Å². The van der Waals surface area contributed by atoms with Gasteiger partial charge in [-0.25, -0.2) is 4.79 Å². The molecule has 17 heavy (non-hydrogen) atoms. The highest BCUT2D eigenvalue weighted by molar-refractivity contribution is 7.98. The molecular formula is C11H22N2O3S. The molecular weight excluding hydrogens is 240 g/mol. The van der Waals surface area contributed by atoms with E-state index in [2.05, 4.69) is 0 Å². The van der Waals surface area contributed by atoms with Crippen LogP contribution in [-0.4, -0.2) is 65.6 Å². The number of carbonyl (C=O) groups excluding carboxylic acids is 1. The molecule has 0 rings (SSSR count). The van der Waals surface area contributed by atoms with Crippen molar-refractivity contribution in [3.8, 4) is 0 Å². The predicted molar refractivity (Wildman–Crippen MR) is 70.5 cm³/mol. The molecule has 0 spiro atoms. The molecule has 1 atom stereocenters. The Hall–Kier alpha value is -0.910. The minimum Gasteiger partial charge on any atom is -0.481 e. The molecule has 100 valence electrons. The smallest absolute Gasteiger partial charge is 0.319 e. The van der Waals surface area contributed by atoms with Crippen molar-refractivity contribution in [3.63, 3.8) is 0 Å². The average Bonchev–Trinajstić information content (AvgIpc) is 2.31. The summed E-state index contributed by atoms with van der Waals surface area (Å²) in [7, 11) is 1.74. The molecule has 0 fully saturated rings. The summed E-state index contributed by atoms with van der Waals surface area (Å²) < 4.78 is 0. The zero-order valence-corrected chi connectivity index (χ0v) is 11.8. The highest BCUT2D eigenvalue weighted by atomic mass is 32.2. The van der Waals surface area contributed by atoms with Crippen LogP contribution in [0.25, 0.3) is 0 Å². The van der Waals surface area contributed by atoms with Gasteiger partial charge in [-0.2, -0.15) is 11.8 Å². The number of amides is 2. The number of carbonyl (C=O) groups is 2. The standard InChI is InChI=1S/C11H22N2O3S/c1-5-13(8-9(2)10(14)15)11(16)12(3)6-7-17-4/h9H,5-8H2,1-4H3,(H,14,15). The molecule has 6 heteroatoms. The van der Waals surface area contributed by atoms with Crippen molar-refractivity contribution in [1.29, 1.82) is 0 Å². The molecule has 0 aliphatic carbocycles. The van der Waals surface area contributed by atoms with Crippen LogP contribution in [-0.2, 0) is 4.79 Å². The fourth-order valence-corrected chi connectivity index (χ4v) is 1.77. The Morgan fingerprint density at radius 1 is 1.41 bits per heavy atom. The lowest BCUT2D eigenvalue weighted by Gasteiger charge is -2.28. The van der Waals surface area contributed by atoms with Gasteiger partial charge in [0.15, 0.2) is 0 Å². The van der Waals surface area contributed by atoms with Gasteiger partial charge in [-0.3, -0.25) is 4.79 Å².